The van der Waals surface area contributed by atoms with Crippen LogP contribution in [0.4, 0.5) is 0 Å². The largest absolute Gasteiger partial charge is 0.464 e. The van der Waals surface area contributed by atoms with Gasteiger partial charge in [0.05, 0.1) is 6.26 Å². The van der Waals surface area contributed by atoms with Crippen molar-refractivity contribution in [2.45, 2.75) is 0 Å². The van der Waals surface area contributed by atoms with Crippen molar-refractivity contribution in [2.24, 2.45) is 0 Å². The van der Waals surface area contributed by atoms with Gasteiger partial charge < -0.3 is 4.42 Å². The van der Waals surface area contributed by atoms with Crippen LogP contribution in [0.25, 0.3) is 11.0 Å². The molecule has 0 saturated carbocycles. The van der Waals surface area contributed by atoms with E-state index in [1.54, 1.807) is 6.26 Å². The van der Waals surface area contributed by atoms with Crippen molar-refractivity contribution < 1.29 is 4.42 Å². The normalized spacial score (nSPS) is 9.20. The first-order valence-electron chi connectivity index (χ1n) is 2.89. The molecule has 2 heteroatoms. The third-order valence-corrected chi connectivity index (χ3v) is 1.36. The van der Waals surface area contributed by atoms with Gasteiger partial charge in [-0.2, -0.15) is 0 Å². The number of rotatable bonds is 0. The lowest BCUT2D eigenvalue weighted by Gasteiger charge is -1.81. The maximum Gasteiger partial charge on any atom is 0.133 e. The molecule has 0 saturated heterocycles. The Morgan fingerprint density at radius 1 is 1.00 bits per heavy atom. The Bertz CT molecular complexity index is 283. The van der Waals surface area contributed by atoms with Gasteiger partial charge in [0.2, 0.25) is 0 Å². The summed E-state index contributed by atoms with van der Waals surface area (Å²) in [5.74, 6) is 0. The lowest BCUT2D eigenvalue weighted by Crippen LogP contribution is -1.57. The number of para-hydroxylation sites is 1. The van der Waals surface area contributed by atoms with E-state index in [0.29, 0.717) is 0 Å². The van der Waals surface area contributed by atoms with Crippen molar-refractivity contribution in [3.8, 4) is 0 Å². The summed E-state index contributed by atoms with van der Waals surface area (Å²) in [6.45, 7) is 0. The number of benzene rings is 1. The van der Waals surface area contributed by atoms with Gasteiger partial charge in [0, 0.05) is 5.39 Å². The molecule has 2 aromatic rings. The van der Waals surface area contributed by atoms with Gasteiger partial charge in [0.15, 0.2) is 0 Å². The van der Waals surface area contributed by atoms with Crippen LogP contribution in [0.5, 0.6) is 0 Å². The van der Waals surface area contributed by atoms with Crippen LogP contribution in [-0.4, -0.2) is 0 Å². The fraction of sp³-hybridized carbons (Fsp3) is 0. The van der Waals surface area contributed by atoms with Gasteiger partial charge in [-0.3, -0.25) is 0 Å². The van der Waals surface area contributed by atoms with E-state index in [1.165, 1.54) is 0 Å². The molecule has 2 rings (SSSR count). The van der Waals surface area contributed by atoms with Crippen LogP contribution in [0, 0.1) is 0 Å². The fourth-order valence-corrected chi connectivity index (χ4v) is 0.906. The van der Waals surface area contributed by atoms with Crippen LogP contribution >= 0.6 is 12.4 Å². The fourth-order valence-electron chi connectivity index (χ4n) is 0.906. The van der Waals surface area contributed by atoms with Crippen molar-refractivity contribution in [2.75, 3.05) is 0 Å². The van der Waals surface area contributed by atoms with Gasteiger partial charge in [0.25, 0.3) is 0 Å². The second kappa shape index (κ2) is 2.76. The maximum absolute atomic E-state index is 5.12. The van der Waals surface area contributed by atoms with Crippen LogP contribution < -0.4 is 0 Å². The summed E-state index contributed by atoms with van der Waals surface area (Å²) < 4.78 is 5.12. The van der Waals surface area contributed by atoms with Gasteiger partial charge in [-0.25, -0.2) is 0 Å². The lowest BCUT2D eigenvalue weighted by atomic mass is 10.3. The zero-order chi connectivity index (χ0) is 6.10. The molecule has 0 radical (unpaired) electrons. The summed E-state index contributed by atoms with van der Waals surface area (Å²) in [6.07, 6.45) is 1.70. The van der Waals surface area contributed by atoms with Gasteiger partial charge in [-0.05, 0) is 12.1 Å². The van der Waals surface area contributed by atoms with Crippen LogP contribution in [0.15, 0.2) is 41.0 Å². The second-order valence-corrected chi connectivity index (χ2v) is 1.96. The van der Waals surface area contributed by atoms with E-state index < -0.39 is 0 Å². The molecule has 0 aliphatic heterocycles. The van der Waals surface area contributed by atoms with E-state index in [0.717, 1.165) is 11.0 Å². The first-order chi connectivity index (χ1) is 4.47. The molecule has 10 heavy (non-hydrogen) atoms. The molecule has 0 spiro atoms. The second-order valence-electron chi connectivity index (χ2n) is 1.96. The molecule has 0 atom stereocenters. The average Bonchev–Trinajstić information content (AvgIpc) is 2.33. The molecule has 1 heterocycles. The molecule has 0 unspecified atom stereocenters. The summed E-state index contributed by atoms with van der Waals surface area (Å²) in [4.78, 5) is 0. The van der Waals surface area contributed by atoms with E-state index in [2.05, 4.69) is 0 Å². The number of hydrogen-bond donors (Lipinski definition) is 0. The molecule has 1 aromatic carbocycles. The van der Waals surface area contributed by atoms with Gasteiger partial charge in [-0.1, -0.05) is 18.2 Å². The number of hydrogen-bond acceptors (Lipinski definition) is 1. The van der Waals surface area contributed by atoms with E-state index in [-0.39, 0.29) is 12.4 Å². The molecule has 0 bridgehead atoms. The van der Waals surface area contributed by atoms with E-state index in [1.807, 2.05) is 30.3 Å². The smallest absolute Gasteiger partial charge is 0.133 e. The lowest BCUT2D eigenvalue weighted by molar-refractivity contribution is 0.616. The average molecular weight is 155 g/mol. The summed E-state index contributed by atoms with van der Waals surface area (Å²) in [7, 11) is 0. The molecule has 1 aromatic heterocycles. The van der Waals surface area contributed by atoms with Crippen LogP contribution in [0.3, 0.4) is 0 Å². The molecule has 0 amide bonds. The highest BCUT2D eigenvalue weighted by Gasteiger charge is 1.89. The van der Waals surface area contributed by atoms with Crippen LogP contribution in [0.1, 0.15) is 0 Å². The third-order valence-electron chi connectivity index (χ3n) is 1.36. The highest BCUT2D eigenvalue weighted by molar-refractivity contribution is 5.85. The highest BCUT2D eigenvalue weighted by atomic mass is 35.5. The zero-order valence-electron chi connectivity index (χ0n) is 5.28. The maximum atomic E-state index is 5.12. The molecule has 0 aliphatic carbocycles. The zero-order valence-corrected chi connectivity index (χ0v) is 6.10. The SMILES string of the molecule is Cl.c1ccc2occc2c1. The molecule has 0 N–H and O–H groups in total. The first kappa shape index (κ1) is 7.16. The molecule has 0 fully saturated rings. The Morgan fingerprint density at radius 3 is 2.60 bits per heavy atom. The predicted molar refractivity (Wildman–Crippen MR) is 43.5 cm³/mol. The summed E-state index contributed by atoms with van der Waals surface area (Å²) in [6, 6.07) is 9.90. The minimum absolute atomic E-state index is 0. The minimum atomic E-state index is 0. The minimum Gasteiger partial charge on any atom is -0.464 e. The summed E-state index contributed by atoms with van der Waals surface area (Å²) >= 11 is 0. The predicted octanol–water partition coefficient (Wildman–Crippen LogP) is 2.85. The van der Waals surface area contributed by atoms with E-state index in [4.69, 9.17) is 4.42 Å². The quantitative estimate of drug-likeness (QED) is 0.569. The van der Waals surface area contributed by atoms with Crippen molar-refractivity contribution in [3.63, 3.8) is 0 Å². The Kier molecular flexibility index (Phi) is 1.97. The van der Waals surface area contributed by atoms with Crippen molar-refractivity contribution in [3.05, 3.63) is 36.6 Å². The number of fused-ring (bicyclic) bond motifs is 1. The van der Waals surface area contributed by atoms with E-state index in [9.17, 15) is 0 Å². The Balaban J connectivity index is 0.000000500. The monoisotopic (exact) mass is 154 g/mol. The third kappa shape index (κ3) is 1.00. The van der Waals surface area contributed by atoms with Crippen LogP contribution in [0.2, 0.25) is 0 Å². The molecular weight excluding hydrogens is 148 g/mol. The standard InChI is InChI=1S/C8H6O.ClH/c1-2-4-8-7(3-1)5-6-9-8;/h1-6H;1H. The van der Waals surface area contributed by atoms with Crippen molar-refractivity contribution >= 4 is 23.4 Å². The topological polar surface area (TPSA) is 13.1 Å². The molecule has 52 valence electrons. The first-order valence-corrected chi connectivity index (χ1v) is 2.89. The van der Waals surface area contributed by atoms with Crippen molar-refractivity contribution in [1.29, 1.82) is 0 Å². The van der Waals surface area contributed by atoms with Gasteiger partial charge in [0.1, 0.15) is 5.58 Å². The summed E-state index contributed by atoms with van der Waals surface area (Å²) in [5, 5.41) is 1.16. The van der Waals surface area contributed by atoms with E-state index >= 15 is 0 Å². The number of halogens is 1. The summed E-state index contributed by atoms with van der Waals surface area (Å²) in [5.41, 5.74) is 0.956. The molecule has 1 nitrogen and oxygen atoms in total. The molecule has 0 aliphatic rings. The number of furan rings is 1. The Labute approximate surface area is 65.1 Å². The Hall–Kier alpha value is -0.950. The Morgan fingerprint density at radius 2 is 1.80 bits per heavy atom. The highest BCUT2D eigenvalue weighted by Crippen LogP contribution is 2.12. The van der Waals surface area contributed by atoms with Crippen molar-refractivity contribution in [1.82, 2.24) is 0 Å². The van der Waals surface area contributed by atoms with Crippen LogP contribution in [-0.2, 0) is 0 Å². The van der Waals surface area contributed by atoms with Gasteiger partial charge >= 0.3 is 0 Å². The molecular formula is C8H7ClO. The van der Waals surface area contributed by atoms with Gasteiger partial charge in [-0.15, -0.1) is 12.4 Å².